The molecule has 0 aliphatic heterocycles. The van der Waals surface area contributed by atoms with Gasteiger partial charge in [-0.1, -0.05) is 13.0 Å². The summed E-state index contributed by atoms with van der Waals surface area (Å²) in [6.07, 6.45) is 1.98. The minimum absolute atomic E-state index is 0.0536. The Labute approximate surface area is 95.7 Å². The summed E-state index contributed by atoms with van der Waals surface area (Å²) < 4.78 is 0. The van der Waals surface area contributed by atoms with Crippen molar-refractivity contribution in [1.82, 2.24) is 10.3 Å². The topological polar surface area (TPSA) is 62.2 Å². The van der Waals surface area contributed by atoms with Crippen LogP contribution in [0.2, 0.25) is 0 Å². The van der Waals surface area contributed by atoms with E-state index in [2.05, 4.69) is 10.3 Å². The fraction of sp³-hybridized carbons (Fsp3) is 0.500. The highest BCUT2D eigenvalue weighted by Gasteiger charge is 2.07. The van der Waals surface area contributed by atoms with Crippen molar-refractivity contribution in [3.05, 3.63) is 29.6 Å². The van der Waals surface area contributed by atoms with Crippen LogP contribution in [0.4, 0.5) is 0 Å². The summed E-state index contributed by atoms with van der Waals surface area (Å²) in [5.74, 6) is 0.0379. The second-order valence-corrected chi connectivity index (χ2v) is 4.04. The lowest BCUT2D eigenvalue weighted by Crippen LogP contribution is -2.31. The molecule has 0 radical (unpaired) electrons. The fourth-order valence-corrected chi connectivity index (χ4v) is 1.27. The molecule has 0 aromatic carbocycles. The van der Waals surface area contributed by atoms with Gasteiger partial charge in [-0.15, -0.1) is 0 Å². The van der Waals surface area contributed by atoms with Crippen molar-refractivity contribution in [3.63, 3.8) is 0 Å². The second kappa shape index (κ2) is 6.23. The molecule has 0 saturated carbocycles. The minimum atomic E-state index is -0.0536. The van der Waals surface area contributed by atoms with Crippen LogP contribution in [0.25, 0.3) is 0 Å². The number of nitrogens with zero attached hydrogens (tertiary/aromatic N) is 1. The zero-order valence-corrected chi connectivity index (χ0v) is 9.73. The second-order valence-electron chi connectivity index (χ2n) is 4.04. The van der Waals surface area contributed by atoms with Gasteiger partial charge in [0.05, 0.1) is 12.1 Å². The molecule has 1 rings (SSSR count). The number of amides is 1. The smallest absolute Gasteiger partial charge is 0.226 e. The van der Waals surface area contributed by atoms with E-state index in [0.29, 0.717) is 13.0 Å². The average Bonchev–Trinajstić information content (AvgIpc) is 2.29. The van der Waals surface area contributed by atoms with Crippen LogP contribution in [0, 0.1) is 12.8 Å². The number of aromatic nitrogens is 1. The third-order valence-electron chi connectivity index (χ3n) is 2.41. The van der Waals surface area contributed by atoms with Crippen LogP contribution in [-0.4, -0.2) is 29.1 Å². The molecule has 1 atom stereocenters. The summed E-state index contributed by atoms with van der Waals surface area (Å²) in [6, 6.07) is 3.79. The highest BCUT2D eigenvalue weighted by molar-refractivity contribution is 5.78. The zero-order valence-electron chi connectivity index (χ0n) is 9.73. The van der Waals surface area contributed by atoms with Crippen molar-refractivity contribution >= 4 is 5.91 Å². The first-order valence-electron chi connectivity index (χ1n) is 5.41. The monoisotopic (exact) mass is 222 g/mol. The molecular formula is C12H18N2O2. The van der Waals surface area contributed by atoms with Gasteiger partial charge < -0.3 is 10.4 Å². The third kappa shape index (κ3) is 3.98. The van der Waals surface area contributed by atoms with Gasteiger partial charge in [-0.3, -0.25) is 9.78 Å². The lowest BCUT2D eigenvalue weighted by Gasteiger charge is -2.10. The lowest BCUT2D eigenvalue weighted by molar-refractivity contribution is -0.120. The first-order valence-corrected chi connectivity index (χ1v) is 5.41. The summed E-state index contributed by atoms with van der Waals surface area (Å²) in [7, 11) is 0. The molecule has 1 amide bonds. The Hall–Kier alpha value is -1.42. The van der Waals surface area contributed by atoms with E-state index in [1.54, 1.807) is 6.20 Å². The van der Waals surface area contributed by atoms with Gasteiger partial charge in [0.15, 0.2) is 0 Å². The van der Waals surface area contributed by atoms with Crippen LogP contribution in [0.15, 0.2) is 18.3 Å². The molecule has 4 heteroatoms. The van der Waals surface area contributed by atoms with Gasteiger partial charge in [-0.05, 0) is 24.5 Å². The normalized spacial score (nSPS) is 12.2. The van der Waals surface area contributed by atoms with E-state index in [0.717, 1.165) is 11.3 Å². The molecule has 0 aliphatic carbocycles. The molecule has 16 heavy (non-hydrogen) atoms. The largest absolute Gasteiger partial charge is 0.396 e. The summed E-state index contributed by atoms with van der Waals surface area (Å²) in [4.78, 5) is 15.7. The molecule has 4 nitrogen and oxygen atoms in total. The molecule has 1 aromatic heterocycles. The minimum Gasteiger partial charge on any atom is -0.396 e. The number of nitrogens with one attached hydrogen (secondary N) is 1. The van der Waals surface area contributed by atoms with Crippen molar-refractivity contribution in [2.24, 2.45) is 5.92 Å². The van der Waals surface area contributed by atoms with Crippen LogP contribution in [0.5, 0.6) is 0 Å². The number of carbonyl (C=O) groups excluding carboxylic acids is 1. The fourth-order valence-electron chi connectivity index (χ4n) is 1.27. The van der Waals surface area contributed by atoms with E-state index >= 15 is 0 Å². The SMILES string of the molecule is Cc1cccnc1CC(=O)NCC(C)CO. The van der Waals surface area contributed by atoms with Crippen molar-refractivity contribution in [2.75, 3.05) is 13.2 Å². The molecule has 0 bridgehead atoms. The van der Waals surface area contributed by atoms with Crippen LogP contribution in [0.1, 0.15) is 18.2 Å². The van der Waals surface area contributed by atoms with Gasteiger partial charge >= 0.3 is 0 Å². The third-order valence-corrected chi connectivity index (χ3v) is 2.41. The predicted molar refractivity (Wildman–Crippen MR) is 61.9 cm³/mol. The molecule has 0 saturated heterocycles. The Kier molecular flexibility index (Phi) is 4.92. The zero-order chi connectivity index (χ0) is 12.0. The average molecular weight is 222 g/mol. The Morgan fingerprint density at radius 3 is 3.00 bits per heavy atom. The number of rotatable bonds is 5. The van der Waals surface area contributed by atoms with Crippen LogP contribution >= 0.6 is 0 Å². The number of aryl methyl sites for hydroxylation is 1. The number of hydrogen-bond donors (Lipinski definition) is 2. The molecule has 0 aliphatic rings. The van der Waals surface area contributed by atoms with Gasteiger partial charge in [0, 0.05) is 19.3 Å². The van der Waals surface area contributed by atoms with E-state index < -0.39 is 0 Å². The predicted octanol–water partition coefficient (Wildman–Crippen LogP) is 0.677. The van der Waals surface area contributed by atoms with Crippen molar-refractivity contribution in [1.29, 1.82) is 0 Å². The number of aliphatic hydroxyl groups is 1. The Morgan fingerprint density at radius 2 is 2.38 bits per heavy atom. The van der Waals surface area contributed by atoms with Gasteiger partial charge in [0.1, 0.15) is 0 Å². The highest BCUT2D eigenvalue weighted by Crippen LogP contribution is 2.03. The Morgan fingerprint density at radius 1 is 1.62 bits per heavy atom. The molecule has 1 heterocycles. The van der Waals surface area contributed by atoms with E-state index in [4.69, 9.17) is 5.11 Å². The maximum Gasteiger partial charge on any atom is 0.226 e. The van der Waals surface area contributed by atoms with Crippen LogP contribution in [-0.2, 0) is 11.2 Å². The van der Waals surface area contributed by atoms with Crippen molar-refractivity contribution < 1.29 is 9.90 Å². The molecule has 2 N–H and O–H groups in total. The molecule has 0 fully saturated rings. The molecule has 1 aromatic rings. The molecule has 88 valence electrons. The first-order chi connectivity index (χ1) is 7.63. The first kappa shape index (κ1) is 12.6. The quantitative estimate of drug-likeness (QED) is 0.770. The maximum absolute atomic E-state index is 11.6. The Balaban J connectivity index is 2.43. The van der Waals surface area contributed by atoms with E-state index in [9.17, 15) is 4.79 Å². The lowest BCUT2D eigenvalue weighted by atomic mass is 10.1. The van der Waals surface area contributed by atoms with E-state index in [1.165, 1.54) is 0 Å². The molecule has 1 unspecified atom stereocenters. The van der Waals surface area contributed by atoms with Gasteiger partial charge in [0.25, 0.3) is 0 Å². The van der Waals surface area contributed by atoms with Gasteiger partial charge in [-0.25, -0.2) is 0 Å². The van der Waals surface area contributed by atoms with Crippen molar-refractivity contribution in [3.8, 4) is 0 Å². The van der Waals surface area contributed by atoms with Gasteiger partial charge in [0.2, 0.25) is 5.91 Å². The van der Waals surface area contributed by atoms with Crippen molar-refractivity contribution in [2.45, 2.75) is 20.3 Å². The number of aliphatic hydroxyl groups excluding tert-OH is 1. The highest BCUT2D eigenvalue weighted by atomic mass is 16.3. The summed E-state index contributed by atoms with van der Waals surface area (Å²) >= 11 is 0. The van der Waals surface area contributed by atoms with Gasteiger partial charge in [-0.2, -0.15) is 0 Å². The van der Waals surface area contributed by atoms with E-state index in [1.807, 2.05) is 26.0 Å². The van der Waals surface area contributed by atoms with Crippen LogP contribution in [0.3, 0.4) is 0 Å². The Bertz CT molecular complexity index is 353. The number of pyridine rings is 1. The standard InChI is InChI=1S/C12H18N2O2/c1-9(8-15)7-14-12(16)6-11-10(2)4-3-5-13-11/h3-5,9,15H,6-8H2,1-2H3,(H,14,16). The molecule has 0 spiro atoms. The maximum atomic E-state index is 11.6. The summed E-state index contributed by atoms with van der Waals surface area (Å²) in [6.45, 7) is 4.41. The number of hydrogen-bond acceptors (Lipinski definition) is 3. The number of carbonyl (C=O) groups is 1. The molecular weight excluding hydrogens is 204 g/mol. The van der Waals surface area contributed by atoms with E-state index in [-0.39, 0.29) is 18.4 Å². The van der Waals surface area contributed by atoms with Crippen LogP contribution < -0.4 is 5.32 Å². The summed E-state index contributed by atoms with van der Waals surface area (Å²) in [5.41, 5.74) is 1.82. The summed E-state index contributed by atoms with van der Waals surface area (Å²) in [5, 5.41) is 11.6.